The number of hydrogen-bond acceptors (Lipinski definition) is 4. The van der Waals surface area contributed by atoms with Crippen molar-refractivity contribution in [2.45, 2.75) is 6.42 Å². The first-order chi connectivity index (χ1) is 13.0. The number of nitrogens with zero attached hydrogens (tertiary/aromatic N) is 1. The Bertz CT molecular complexity index is 857. The van der Waals surface area contributed by atoms with E-state index in [9.17, 15) is 9.59 Å². The van der Waals surface area contributed by atoms with E-state index in [4.69, 9.17) is 21.1 Å². The van der Waals surface area contributed by atoms with Gasteiger partial charge in [-0.2, -0.15) is 0 Å². The van der Waals surface area contributed by atoms with E-state index in [0.717, 1.165) is 5.69 Å². The fourth-order valence-electron chi connectivity index (χ4n) is 2.97. The number of anilines is 2. The fourth-order valence-corrected chi connectivity index (χ4v) is 3.20. The van der Waals surface area contributed by atoms with Gasteiger partial charge >= 0.3 is 0 Å². The van der Waals surface area contributed by atoms with Crippen LogP contribution in [0.3, 0.4) is 0 Å². The molecule has 0 radical (unpaired) electrons. The number of para-hydroxylation sites is 1. The Morgan fingerprint density at radius 3 is 2.37 bits per heavy atom. The minimum atomic E-state index is -0.366. The van der Waals surface area contributed by atoms with Crippen molar-refractivity contribution in [1.29, 1.82) is 0 Å². The first-order valence-corrected chi connectivity index (χ1v) is 8.89. The summed E-state index contributed by atoms with van der Waals surface area (Å²) in [5, 5.41) is 3.20. The lowest BCUT2D eigenvalue weighted by Crippen LogP contribution is -2.29. The van der Waals surface area contributed by atoms with Gasteiger partial charge in [0.1, 0.15) is 11.5 Å². The molecular weight excluding hydrogens is 368 g/mol. The van der Waals surface area contributed by atoms with Crippen molar-refractivity contribution in [3.8, 4) is 11.5 Å². The smallest absolute Gasteiger partial charge is 0.230 e. The first kappa shape index (κ1) is 19.0. The van der Waals surface area contributed by atoms with Gasteiger partial charge in [-0.05, 0) is 18.6 Å². The van der Waals surface area contributed by atoms with E-state index in [1.807, 2.05) is 30.3 Å². The third kappa shape index (κ3) is 4.01. The molecule has 27 heavy (non-hydrogen) atoms. The number of rotatable bonds is 6. The predicted molar refractivity (Wildman–Crippen MR) is 105 cm³/mol. The number of carbonyl (C=O) groups is 2. The molecule has 2 amide bonds. The van der Waals surface area contributed by atoms with Crippen LogP contribution in [0.4, 0.5) is 11.4 Å². The summed E-state index contributed by atoms with van der Waals surface area (Å²) < 4.78 is 10.5. The molecule has 1 aliphatic rings. The normalized spacial score (nSPS) is 17.8. The SMILES string of the molecule is COc1cc(NC(=O)C2CC2C(=O)N(C)c2ccccc2)c(OC)cc1Cl. The van der Waals surface area contributed by atoms with E-state index >= 15 is 0 Å². The van der Waals surface area contributed by atoms with E-state index in [0.29, 0.717) is 28.6 Å². The molecule has 1 aliphatic carbocycles. The zero-order valence-electron chi connectivity index (χ0n) is 15.4. The Morgan fingerprint density at radius 2 is 1.74 bits per heavy atom. The molecule has 142 valence electrons. The maximum Gasteiger partial charge on any atom is 0.230 e. The monoisotopic (exact) mass is 388 g/mol. The van der Waals surface area contributed by atoms with Gasteiger partial charge in [0.25, 0.3) is 0 Å². The molecule has 6 nitrogen and oxygen atoms in total. The Morgan fingerprint density at radius 1 is 1.07 bits per heavy atom. The summed E-state index contributed by atoms with van der Waals surface area (Å²) in [5.74, 6) is -0.121. The molecule has 2 atom stereocenters. The van der Waals surface area contributed by atoms with Gasteiger partial charge in [0.05, 0.1) is 36.8 Å². The summed E-state index contributed by atoms with van der Waals surface area (Å²) in [6.45, 7) is 0. The van der Waals surface area contributed by atoms with Gasteiger partial charge in [-0.15, -0.1) is 0 Å². The molecule has 2 unspecified atom stereocenters. The molecule has 0 spiro atoms. The number of benzene rings is 2. The number of methoxy groups -OCH3 is 2. The van der Waals surface area contributed by atoms with E-state index < -0.39 is 0 Å². The molecule has 0 aromatic heterocycles. The fraction of sp³-hybridized carbons (Fsp3) is 0.300. The highest BCUT2D eigenvalue weighted by Gasteiger charge is 2.49. The lowest BCUT2D eigenvalue weighted by atomic mass is 10.2. The molecule has 0 aliphatic heterocycles. The second kappa shape index (κ2) is 7.88. The van der Waals surface area contributed by atoms with Crippen LogP contribution in [-0.2, 0) is 9.59 Å². The topological polar surface area (TPSA) is 67.9 Å². The van der Waals surface area contributed by atoms with Crippen LogP contribution in [0.2, 0.25) is 5.02 Å². The number of halogens is 1. The second-order valence-corrected chi connectivity index (χ2v) is 6.76. The van der Waals surface area contributed by atoms with Crippen molar-refractivity contribution in [3.05, 3.63) is 47.5 Å². The van der Waals surface area contributed by atoms with Gasteiger partial charge in [-0.3, -0.25) is 9.59 Å². The van der Waals surface area contributed by atoms with Gasteiger partial charge in [-0.25, -0.2) is 0 Å². The van der Waals surface area contributed by atoms with E-state index in [2.05, 4.69) is 5.32 Å². The number of ether oxygens (including phenoxy) is 2. The largest absolute Gasteiger partial charge is 0.495 e. The van der Waals surface area contributed by atoms with Crippen LogP contribution in [-0.4, -0.2) is 33.1 Å². The van der Waals surface area contributed by atoms with Crippen LogP contribution < -0.4 is 19.7 Å². The average Bonchev–Trinajstić information content (AvgIpc) is 3.49. The summed E-state index contributed by atoms with van der Waals surface area (Å²) in [5.41, 5.74) is 1.26. The second-order valence-electron chi connectivity index (χ2n) is 6.36. The summed E-state index contributed by atoms with van der Waals surface area (Å²) in [6, 6.07) is 12.5. The van der Waals surface area contributed by atoms with Crippen molar-refractivity contribution in [2.75, 3.05) is 31.5 Å². The minimum Gasteiger partial charge on any atom is -0.495 e. The molecule has 1 fully saturated rings. The Kier molecular flexibility index (Phi) is 5.56. The van der Waals surface area contributed by atoms with E-state index in [1.165, 1.54) is 14.2 Å². The summed E-state index contributed by atoms with van der Waals surface area (Å²) in [4.78, 5) is 26.8. The highest BCUT2D eigenvalue weighted by Crippen LogP contribution is 2.43. The van der Waals surface area contributed by atoms with Crippen LogP contribution >= 0.6 is 11.6 Å². The van der Waals surface area contributed by atoms with Crippen molar-refractivity contribution in [3.63, 3.8) is 0 Å². The number of nitrogens with one attached hydrogen (secondary N) is 1. The highest BCUT2D eigenvalue weighted by atomic mass is 35.5. The van der Waals surface area contributed by atoms with Crippen molar-refractivity contribution in [2.24, 2.45) is 11.8 Å². The molecule has 0 heterocycles. The van der Waals surface area contributed by atoms with Crippen LogP contribution in [0.25, 0.3) is 0 Å². The summed E-state index contributed by atoms with van der Waals surface area (Å²) in [7, 11) is 4.71. The maximum absolute atomic E-state index is 12.6. The minimum absolute atomic E-state index is 0.0676. The van der Waals surface area contributed by atoms with Crippen molar-refractivity contribution in [1.82, 2.24) is 0 Å². The molecule has 2 aromatic rings. The molecule has 2 aromatic carbocycles. The molecule has 1 N–H and O–H groups in total. The van der Waals surface area contributed by atoms with Gasteiger partial charge in [0.15, 0.2) is 0 Å². The highest BCUT2D eigenvalue weighted by molar-refractivity contribution is 6.32. The van der Waals surface area contributed by atoms with Crippen LogP contribution in [0, 0.1) is 11.8 Å². The summed E-state index contributed by atoms with van der Waals surface area (Å²) >= 11 is 6.08. The molecule has 1 saturated carbocycles. The molecule has 3 rings (SSSR count). The van der Waals surface area contributed by atoms with Gasteiger partial charge in [-0.1, -0.05) is 29.8 Å². The van der Waals surface area contributed by atoms with Gasteiger partial charge in [0.2, 0.25) is 11.8 Å². The van der Waals surface area contributed by atoms with Crippen molar-refractivity contribution < 1.29 is 19.1 Å². The quantitative estimate of drug-likeness (QED) is 0.821. The van der Waals surface area contributed by atoms with Crippen molar-refractivity contribution >= 4 is 34.8 Å². The van der Waals surface area contributed by atoms with E-state index in [1.54, 1.807) is 24.1 Å². The van der Waals surface area contributed by atoms with Gasteiger partial charge in [0, 0.05) is 24.9 Å². The Balaban J connectivity index is 1.68. The first-order valence-electron chi connectivity index (χ1n) is 8.51. The summed E-state index contributed by atoms with van der Waals surface area (Å²) in [6.07, 6.45) is 0.523. The molecular formula is C20H21ClN2O4. The Hall–Kier alpha value is -2.73. The third-order valence-electron chi connectivity index (χ3n) is 4.65. The van der Waals surface area contributed by atoms with Crippen LogP contribution in [0.1, 0.15) is 6.42 Å². The maximum atomic E-state index is 12.6. The molecule has 0 bridgehead atoms. The standard InChI is InChI=1S/C20H21ClN2O4/c1-23(12-7-5-4-6-8-12)20(25)14-9-13(14)19(24)22-16-11-17(26-2)15(21)10-18(16)27-3/h4-8,10-11,13-14H,9H2,1-3H3,(H,22,24). The lowest BCUT2D eigenvalue weighted by Gasteiger charge is -2.17. The molecule has 0 saturated heterocycles. The number of carbonyl (C=O) groups excluding carboxylic acids is 2. The van der Waals surface area contributed by atoms with Crippen LogP contribution in [0.15, 0.2) is 42.5 Å². The lowest BCUT2D eigenvalue weighted by molar-refractivity contribution is -0.123. The Labute approximate surface area is 163 Å². The van der Waals surface area contributed by atoms with Gasteiger partial charge < -0.3 is 19.7 Å². The number of hydrogen-bond donors (Lipinski definition) is 1. The third-order valence-corrected chi connectivity index (χ3v) is 4.95. The van der Waals surface area contributed by atoms with E-state index in [-0.39, 0.29) is 23.7 Å². The zero-order chi connectivity index (χ0) is 19.6. The predicted octanol–water partition coefficient (Wildman–Crippen LogP) is 3.59. The van der Waals surface area contributed by atoms with Crippen LogP contribution in [0.5, 0.6) is 11.5 Å². The number of amides is 2. The zero-order valence-corrected chi connectivity index (χ0v) is 16.1. The average molecular weight is 389 g/mol. The molecule has 7 heteroatoms.